The standard InChI is InChI=1S/C14H19N3O/c15-9-13-12(5-4-8-16-13)17-10-14(11-18)6-2-1-3-7-14/h4-5,8,17-18H,1-3,6-7,10-11H2. The van der Waals surface area contributed by atoms with Crippen LogP contribution < -0.4 is 5.32 Å². The summed E-state index contributed by atoms with van der Waals surface area (Å²) in [5, 5.41) is 21.9. The van der Waals surface area contributed by atoms with Crippen molar-refractivity contribution in [3.63, 3.8) is 0 Å². The average molecular weight is 245 g/mol. The number of nitrogens with one attached hydrogen (secondary N) is 1. The Bertz CT molecular complexity index is 433. The molecule has 0 bridgehead atoms. The molecule has 1 aliphatic rings. The molecule has 2 rings (SSSR count). The predicted octanol–water partition coefficient (Wildman–Crippen LogP) is 2.31. The zero-order valence-electron chi connectivity index (χ0n) is 10.5. The van der Waals surface area contributed by atoms with Crippen molar-refractivity contribution in [2.24, 2.45) is 5.41 Å². The predicted molar refractivity (Wildman–Crippen MR) is 70.0 cm³/mol. The van der Waals surface area contributed by atoms with E-state index in [1.807, 2.05) is 12.1 Å². The highest BCUT2D eigenvalue weighted by Gasteiger charge is 2.31. The zero-order chi connectivity index (χ0) is 12.8. The van der Waals surface area contributed by atoms with E-state index in [2.05, 4.69) is 16.4 Å². The fourth-order valence-electron chi connectivity index (χ4n) is 2.61. The Balaban J connectivity index is 2.03. The highest BCUT2D eigenvalue weighted by molar-refractivity contribution is 5.53. The van der Waals surface area contributed by atoms with Crippen molar-refractivity contribution in [1.29, 1.82) is 5.26 Å². The van der Waals surface area contributed by atoms with Gasteiger partial charge in [-0.25, -0.2) is 4.98 Å². The topological polar surface area (TPSA) is 68.9 Å². The van der Waals surface area contributed by atoms with Gasteiger partial charge in [0.15, 0.2) is 5.69 Å². The molecule has 0 spiro atoms. The number of aliphatic hydroxyl groups excluding tert-OH is 1. The van der Waals surface area contributed by atoms with E-state index in [1.54, 1.807) is 6.20 Å². The lowest BCUT2D eigenvalue weighted by atomic mass is 9.74. The third-order valence-corrected chi connectivity index (χ3v) is 3.82. The summed E-state index contributed by atoms with van der Waals surface area (Å²) in [7, 11) is 0. The van der Waals surface area contributed by atoms with Gasteiger partial charge >= 0.3 is 0 Å². The maximum atomic E-state index is 9.63. The summed E-state index contributed by atoms with van der Waals surface area (Å²) in [6.45, 7) is 0.923. The second-order valence-electron chi connectivity index (χ2n) is 5.08. The summed E-state index contributed by atoms with van der Waals surface area (Å²) >= 11 is 0. The van der Waals surface area contributed by atoms with Gasteiger partial charge in [-0.2, -0.15) is 5.26 Å². The second kappa shape index (κ2) is 5.83. The van der Waals surface area contributed by atoms with Crippen LogP contribution in [0.3, 0.4) is 0 Å². The van der Waals surface area contributed by atoms with Gasteiger partial charge in [0, 0.05) is 18.2 Å². The molecule has 1 heterocycles. The van der Waals surface area contributed by atoms with Gasteiger partial charge in [0.2, 0.25) is 0 Å². The maximum absolute atomic E-state index is 9.63. The SMILES string of the molecule is N#Cc1ncccc1NCC1(CO)CCCCC1. The third kappa shape index (κ3) is 2.80. The molecule has 0 aliphatic heterocycles. The third-order valence-electron chi connectivity index (χ3n) is 3.82. The Morgan fingerprint density at radius 1 is 1.39 bits per heavy atom. The van der Waals surface area contributed by atoms with Crippen LogP contribution in [0.5, 0.6) is 0 Å². The summed E-state index contributed by atoms with van der Waals surface area (Å²) in [6, 6.07) is 5.75. The Hall–Kier alpha value is -1.60. The summed E-state index contributed by atoms with van der Waals surface area (Å²) < 4.78 is 0. The van der Waals surface area contributed by atoms with Crippen LogP contribution in [-0.4, -0.2) is 23.2 Å². The molecule has 96 valence electrons. The molecule has 18 heavy (non-hydrogen) atoms. The lowest BCUT2D eigenvalue weighted by molar-refractivity contribution is 0.0944. The number of hydrogen-bond donors (Lipinski definition) is 2. The monoisotopic (exact) mass is 245 g/mol. The number of nitrogens with zero attached hydrogens (tertiary/aromatic N) is 2. The van der Waals surface area contributed by atoms with Crippen LogP contribution in [-0.2, 0) is 0 Å². The van der Waals surface area contributed by atoms with Gasteiger partial charge in [-0.3, -0.25) is 0 Å². The van der Waals surface area contributed by atoms with E-state index in [0.29, 0.717) is 12.2 Å². The molecule has 0 amide bonds. The first-order valence-corrected chi connectivity index (χ1v) is 6.49. The van der Waals surface area contributed by atoms with Gasteiger partial charge in [-0.1, -0.05) is 19.3 Å². The van der Waals surface area contributed by atoms with E-state index >= 15 is 0 Å². The molecular formula is C14H19N3O. The zero-order valence-corrected chi connectivity index (χ0v) is 10.5. The number of hydrogen-bond acceptors (Lipinski definition) is 4. The van der Waals surface area contributed by atoms with E-state index in [4.69, 9.17) is 5.26 Å². The van der Waals surface area contributed by atoms with Crippen LogP contribution in [0.4, 0.5) is 5.69 Å². The number of rotatable bonds is 4. The summed E-state index contributed by atoms with van der Waals surface area (Å²) in [4.78, 5) is 4.02. The molecule has 0 saturated heterocycles. The molecule has 1 aromatic rings. The first kappa shape index (κ1) is 12.8. The average Bonchev–Trinajstić information content (AvgIpc) is 2.46. The first-order chi connectivity index (χ1) is 8.79. The Morgan fingerprint density at radius 3 is 2.83 bits per heavy atom. The minimum Gasteiger partial charge on any atom is -0.396 e. The van der Waals surface area contributed by atoms with Crippen molar-refractivity contribution in [2.45, 2.75) is 32.1 Å². The normalized spacial score (nSPS) is 18.0. The van der Waals surface area contributed by atoms with Crippen LogP contribution in [0, 0.1) is 16.7 Å². The highest BCUT2D eigenvalue weighted by Crippen LogP contribution is 2.36. The molecule has 2 N–H and O–H groups in total. The maximum Gasteiger partial charge on any atom is 0.163 e. The fourth-order valence-corrected chi connectivity index (χ4v) is 2.61. The molecule has 1 fully saturated rings. The molecule has 0 unspecified atom stereocenters. The molecule has 1 aliphatic carbocycles. The molecule has 4 nitrogen and oxygen atoms in total. The number of anilines is 1. The van der Waals surface area contributed by atoms with Crippen molar-refractivity contribution in [1.82, 2.24) is 4.98 Å². The molecule has 1 aromatic heterocycles. The quantitative estimate of drug-likeness (QED) is 0.854. The molecular weight excluding hydrogens is 226 g/mol. The lowest BCUT2D eigenvalue weighted by Crippen LogP contribution is -2.35. The Labute approximate surface area is 108 Å². The Kier molecular flexibility index (Phi) is 4.16. The van der Waals surface area contributed by atoms with Gasteiger partial charge in [-0.15, -0.1) is 0 Å². The van der Waals surface area contributed by atoms with Crippen molar-refractivity contribution in [3.05, 3.63) is 24.0 Å². The number of aromatic nitrogens is 1. The molecule has 0 radical (unpaired) electrons. The minimum atomic E-state index is -0.0270. The van der Waals surface area contributed by atoms with Gasteiger partial charge in [0.1, 0.15) is 6.07 Å². The summed E-state index contributed by atoms with van der Waals surface area (Å²) in [5.74, 6) is 0. The molecule has 4 heteroatoms. The fraction of sp³-hybridized carbons (Fsp3) is 0.571. The van der Waals surface area contributed by atoms with Crippen LogP contribution in [0.1, 0.15) is 37.8 Å². The van der Waals surface area contributed by atoms with Crippen molar-refractivity contribution >= 4 is 5.69 Å². The largest absolute Gasteiger partial charge is 0.396 e. The van der Waals surface area contributed by atoms with Gasteiger partial charge in [-0.05, 0) is 25.0 Å². The molecule has 0 aromatic carbocycles. The van der Waals surface area contributed by atoms with Crippen LogP contribution in [0.15, 0.2) is 18.3 Å². The van der Waals surface area contributed by atoms with Gasteiger partial charge < -0.3 is 10.4 Å². The Morgan fingerprint density at radius 2 is 2.17 bits per heavy atom. The van der Waals surface area contributed by atoms with Crippen molar-refractivity contribution in [3.8, 4) is 6.07 Å². The van der Waals surface area contributed by atoms with Crippen molar-refractivity contribution < 1.29 is 5.11 Å². The van der Waals surface area contributed by atoms with E-state index in [0.717, 1.165) is 18.5 Å². The van der Waals surface area contributed by atoms with Crippen LogP contribution in [0.2, 0.25) is 0 Å². The molecule has 1 saturated carbocycles. The minimum absolute atomic E-state index is 0.0270. The summed E-state index contributed by atoms with van der Waals surface area (Å²) in [6.07, 6.45) is 7.35. The van der Waals surface area contributed by atoms with E-state index in [9.17, 15) is 5.11 Å². The van der Waals surface area contributed by atoms with Gasteiger partial charge in [0.25, 0.3) is 0 Å². The summed E-state index contributed by atoms with van der Waals surface area (Å²) in [5.41, 5.74) is 1.15. The van der Waals surface area contributed by atoms with Crippen LogP contribution >= 0.6 is 0 Å². The second-order valence-corrected chi connectivity index (χ2v) is 5.08. The van der Waals surface area contributed by atoms with Crippen LogP contribution in [0.25, 0.3) is 0 Å². The smallest absolute Gasteiger partial charge is 0.163 e. The van der Waals surface area contributed by atoms with E-state index in [-0.39, 0.29) is 12.0 Å². The number of aliphatic hydroxyl groups is 1. The van der Waals surface area contributed by atoms with Gasteiger partial charge in [0.05, 0.1) is 12.3 Å². The molecule has 0 atom stereocenters. The highest BCUT2D eigenvalue weighted by atomic mass is 16.3. The number of pyridine rings is 1. The van der Waals surface area contributed by atoms with E-state index < -0.39 is 0 Å². The van der Waals surface area contributed by atoms with Crippen molar-refractivity contribution in [2.75, 3.05) is 18.5 Å². The van der Waals surface area contributed by atoms with E-state index in [1.165, 1.54) is 19.3 Å². The lowest BCUT2D eigenvalue weighted by Gasteiger charge is -2.36. The first-order valence-electron chi connectivity index (χ1n) is 6.49. The number of nitriles is 1.